The Morgan fingerprint density at radius 1 is 0.756 bits per heavy atom. The van der Waals surface area contributed by atoms with Crippen LogP contribution >= 0.6 is 0 Å². The van der Waals surface area contributed by atoms with Crippen molar-refractivity contribution in [3.63, 3.8) is 0 Å². The van der Waals surface area contributed by atoms with E-state index in [1.165, 1.54) is 0 Å². The minimum absolute atomic E-state index is 0.0129. The summed E-state index contributed by atoms with van der Waals surface area (Å²) >= 11 is 0. The third-order valence-electron chi connectivity index (χ3n) is 8.49. The number of fused-ring (bicyclic) bond motifs is 1. The molecule has 1 unspecified atom stereocenters. The molecule has 2 aliphatic heterocycles. The molecular formula is C35H33N3O3. The molecule has 3 amide bonds. The van der Waals surface area contributed by atoms with Gasteiger partial charge in [0.25, 0.3) is 11.8 Å². The normalized spacial score (nSPS) is 18.1. The van der Waals surface area contributed by atoms with Crippen molar-refractivity contribution in [2.75, 3.05) is 29.9 Å². The van der Waals surface area contributed by atoms with Crippen LogP contribution in [0.1, 0.15) is 46.0 Å². The van der Waals surface area contributed by atoms with E-state index in [0.717, 1.165) is 54.7 Å². The van der Waals surface area contributed by atoms with Crippen molar-refractivity contribution in [1.29, 1.82) is 0 Å². The molecule has 0 bridgehead atoms. The molecule has 6 heteroatoms. The Bertz CT molecular complexity index is 1600. The molecule has 2 heterocycles. The van der Waals surface area contributed by atoms with Crippen LogP contribution in [0.25, 0.3) is 11.1 Å². The van der Waals surface area contributed by atoms with Crippen LogP contribution in [0.3, 0.4) is 0 Å². The highest BCUT2D eigenvalue weighted by molar-refractivity contribution is 6.09. The molecule has 1 spiro atoms. The van der Waals surface area contributed by atoms with Gasteiger partial charge in [-0.2, -0.15) is 0 Å². The van der Waals surface area contributed by atoms with Crippen molar-refractivity contribution < 1.29 is 14.4 Å². The lowest BCUT2D eigenvalue weighted by Gasteiger charge is -2.28. The molecular weight excluding hydrogens is 510 g/mol. The maximum atomic E-state index is 13.8. The Labute approximate surface area is 240 Å². The first-order valence-corrected chi connectivity index (χ1v) is 14.1. The fourth-order valence-electron chi connectivity index (χ4n) is 6.25. The number of hydrogen-bond donors (Lipinski definition) is 1. The molecule has 0 saturated carbocycles. The smallest absolute Gasteiger partial charge is 0.258 e. The van der Waals surface area contributed by atoms with Crippen LogP contribution in [-0.4, -0.2) is 42.3 Å². The summed E-state index contributed by atoms with van der Waals surface area (Å²) in [4.78, 5) is 42.9. The van der Waals surface area contributed by atoms with Gasteiger partial charge in [-0.3, -0.25) is 14.4 Å². The fourth-order valence-corrected chi connectivity index (χ4v) is 6.25. The van der Waals surface area contributed by atoms with Crippen molar-refractivity contribution in [1.82, 2.24) is 4.90 Å². The van der Waals surface area contributed by atoms with Gasteiger partial charge in [-0.25, -0.2) is 0 Å². The minimum atomic E-state index is -0.202. The maximum absolute atomic E-state index is 13.8. The predicted molar refractivity (Wildman–Crippen MR) is 162 cm³/mol. The van der Waals surface area contributed by atoms with Crippen molar-refractivity contribution in [3.05, 3.63) is 120 Å². The maximum Gasteiger partial charge on any atom is 0.258 e. The Hall–Kier alpha value is -4.71. The summed E-state index contributed by atoms with van der Waals surface area (Å²) in [6.45, 7) is 3.74. The highest BCUT2D eigenvalue weighted by atomic mass is 16.2. The zero-order valence-corrected chi connectivity index (χ0v) is 23.2. The molecule has 6 nitrogen and oxygen atoms in total. The molecule has 1 atom stereocenters. The summed E-state index contributed by atoms with van der Waals surface area (Å²) in [5.41, 5.74) is 5.68. The monoisotopic (exact) mass is 543 g/mol. The van der Waals surface area contributed by atoms with Crippen LogP contribution in [-0.2, 0) is 11.2 Å². The summed E-state index contributed by atoms with van der Waals surface area (Å²) in [6.07, 6.45) is 2.64. The van der Waals surface area contributed by atoms with Crippen molar-refractivity contribution in [2.45, 2.75) is 26.2 Å². The van der Waals surface area contributed by atoms with Crippen LogP contribution in [0.15, 0.2) is 103 Å². The second-order valence-electron chi connectivity index (χ2n) is 11.1. The van der Waals surface area contributed by atoms with Crippen molar-refractivity contribution in [3.8, 4) is 11.1 Å². The standard InChI is InChI=1S/C35H33N3O3/c1-25(39)37-21-19-35(24-37)20-22-38(32-14-8-5-11-28(32)23-35)34(41)27-15-17-29(18-16-27)36-33(40)31-13-7-6-12-30(31)26-9-3-2-4-10-26/h2-18H,19-24H2,1H3,(H,36,40). The zero-order valence-electron chi connectivity index (χ0n) is 23.2. The summed E-state index contributed by atoms with van der Waals surface area (Å²) in [5, 5.41) is 2.99. The molecule has 0 aromatic heterocycles. The van der Waals surface area contributed by atoms with Gasteiger partial charge in [0, 0.05) is 49.1 Å². The molecule has 4 aromatic rings. The number of rotatable bonds is 4. The lowest BCUT2D eigenvalue weighted by Crippen LogP contribution is -2.35. The van der Waals surface area contributed by atoms with E-state index in [9.17, 15) is 14.4 Å². The van der Waals surface area contributed by atoms with Gasteiger partial charge in [0.15, 0.2) is 0 Å². The van der Waals surface area contributed by atoms with Gasteiger partial charge in [0.2, 0.25) is 5.91 Å². The van der Waals surface area contributed by atoms with Crippen LogP contribution in [0.5, 0.6) is 0 Å². The SMILES string of the molecule is CC(=O)N1CCC2(CCN(C(=O)c3ccc(NC(=O)c4ccccc4-c4ccccc4)cc3)c3ccccc3C2)C1. The third-order valence-corrected chi connectivity index (χ3v) is 8.49. The number of likely N-dealkylation sites (tertiary alicyclic amines) is 1. The Morgan fingerprint density at radius 3 is 2.20 bits per heavy atom. The molecule has 1 saturated heterocycles. The van der Waals surface area contributed by atoms with E-state index in [4.69, 9.17) is 0 Å². The third kappa shape index (κ3) is 5.38. The van der Waals surface area contributed by atoms with Gasteiger partial charge < -0.3 is 15.1 Å². The van der Waals surface area contributed by atoms with E-state index >= 15 is 0 Å². The number of nitrogens with one attached hydrogen (secondary N) is 1. The molecule has 1 N–H and O–H groups in total. The zero-order chi connectivity index (χ0) is 28.4. The van der Waals surface area contributed by atoms with Crippen molar-refractivity contribution in [2.24, 2.45) is 5.41 Å². The first-order chi connectivity index (χ1) is 19.9. The number of hydrogen-bond acceptors (Lipinski definition) is 3. The number of para-hydroxylation sites is 1. The Balaban J connectivity index is 1.20. The highest BCUT2D eigenvalue weighted by Gasteiger charge is 2.42. The molecule has 1 fully saturated rings. The minimum Gasteiger partial charge on any atom is -0.342 e. The average molecular weight is 544 g/mol. The number of nitrogens with zero attached hydrogens (tertiary/aromatic N) is 2. The van der Waals surface area contributed by atoms with Crippen LogP contribution in [0.4, 0.5) is 11.4 Å². The second-order valence-corrected chi connectivity index (χ2v) is 11.1. The van der Waals surface area contributed by atoms with E-state index < -0.39 is 0 Å². The summed E-state index contributed by atoms with van der Waals surface area (Å²) in [6, 6.07) is 32.6. The topological polar surface area (TPSA) is 69.7 Å². The Morgan fingerprint density at radius 2 is 1.44 bits per heavy atom. The van der Waals surface area contributed by atoms with Gasteiger partial charge in [0.05, 0.1) is 0 Å². The number of anilines is 2. The van der Waals surface area contributed by atoms with Gasteiger partial charge in [-0.05, 0) is 77.8 Å². The van der Waals surface area contributed by atoms with E-state index in [2.05, 4.69) is 11.4 Å². The van der Waals surface area contributed by atoms with Crippen LogP contribution < -0.4 is 10.2 Å². The van der Waals surface area contributed by atoms with Crippen LogP contribution in [0.2, 0.25) is 0 Å². The quantitative estimate of drug-likeness (QED) is 0.322. The lowest BCUT2D eigenvalue weighted by molar-refractivity contribution is -0.128. The van der Waals surface area contributed by atoms with E-state index in [-0.39, 0.29) is 23.1 Å². The molecule has 0 radical (unpaired) electrons. The molecule has 4 aromatic carbocycles. The highest BCUT2D eigenvalue weighted by Crippen LogP contribution is 2.43. The van der Waals surface area contributed by atoms with E-state index in [1.54, 1.807) is 31.2 Å². The summed E-state index contributed by atoms with van der Waals surface area (Å²) in [7, 11) is 0. The number of amides is 3. The molecule has 206 valence electrons. The number of carbonyl (C=O) groups excluding carboxylic acids is 3. The summed E-state index contributed by atoms with van der Waals surface area (Å²) < 4.78 is 0. The lowest BCUT2D eigenvalue weighted by atomic mass is 9.78. The molecule has 41 heavy (non-hydrogen) atoms. The van der Waals surface area contributed by atoms with E-state index in [0.29, 0.717) is 23.4 Å². The first-order valence-electron chi connectivity index (χ1n) is 14.1. The largest absolute Gasteiger partial charge is 0.342 e. The van der Waals surface area contributed by atoms with Gasteiger partial charge >= 0.3 is 0 Å². The van der Waals surface area contributed by atoms with Crippen molar-refractivity contribution >= 4 is 29.1 Å². The first kappa shape index (κ1) is 26.5. The van der Waals surface area contributed by atoms with Gasteiger partial charge in [-0.15, -0.1) is 0 Å². The molecule has 2 aliphatic rings. The molecule has 0 aliphatic carbocycles. The fraction of sp³-hybridized carbons (Fsp3) is 0.229. The average Bonchev–Trinajstić information content (AvgIpc) is 3.35. The number of benzene rings is 4. The van der Waals surface area contributed by atoms with Crippen LogP contribution in [0, 0.1) is 5.41 Å². The molecule has 6 rings (SSSR count). The Kier molecular flexibility index (Phi) is 7.14. The van der Waals surface area contributed by atoms with E-state index in [1.807, 2.05) is 82.6 Å². The van der Waals surface area contributed by atoms with Gasteiger partial charge in [-0.1, -0.05) is 66.7 Å². The predicted octanol–water partition coefficient (Wildman–Crippen LogP) is 6.44. The van der Waals surface area contributed by atoms with Gasteiger partial charge in [0.1, 0.15) is 0 Å². The number of carbonyl (C=O) groups is 3. The second kappa shape index (κ2) is 11.0. The summed E-state index contributed by atoms with van der Waals surface area (Å²) in [5.74, 6) is -0.155.